The van der Waals surface area contributed by atoms with Crippen molar-refractivity contribution >= 4 is 17.5 Å². The third-order valence-electron chi connectivity index (χ3n) is 4.85. The second kappa shape index (κ2) is 10.1. The molecule has 156 valence electrons. The smallest absolute Gasteiger partial charge is 0.254 e. The van der Waals surface area contributed by atoms with Crippen LogP contribution >= 0.6 is 0 Å². The van der Waals surface area contributed by atoms with E-state index in [0.717, 1.165) is 0 Å². The van der Waals surface area contributed by atoms with Gasteiger partial charge in [-0.1, -0.05) is 42.5 Å². The van der Waals surface area contributed by atoms with Crippen LogP contribution in [-0.2, 0) is 4.79 Å². The maximum atomic E-state index is 13.3. The fourth-order valence-corrected chi connectivity index (χ4v) is 3.29. The lowest BCUT2D eigenvalue weighted by molar-refractivity contribution is -0.116. The Kier molecular flexibility index (Phi) is 7.02. The first kappa shape index (κ1) is 21.6. The average Bonchev–Trinajstić information content (AvgIpc) is 2.82. The summed E-state index contributed by atoms with van der Waals surface area (Å²) in [6, 6.07) is 23.5. The first-order chi connectivity index (χ1) is 15.1. The number of carbonyl (C=O) groups excluding carboxylic acids is 2. The highest BCUT2D eigenvalue weighted by Gasteiger charge is 2.21. The van der Waals surface area contributed by atoms with Gasteiger partial charge in [-0.15, -0.1) is 0 Å². The van der Waals surface area contributed by atoms with Gasteiger partial charge in [-0.3, -0.25) is 9.59 Å². The lowest BCUT2D eigenvalue weighted by Gasteiger charge is -2.22. The Bertz CT molecular complexity index is 1130. The molecule has 3 rings (SSSR count). The van der Waals surface area contributed by atoms with Crippen LogP contribution in [-0.4, -0.2) is 36.9 Å². The number of rotatable bonds is 7. The van der Waals surface area contributed by atoms with Crippen molar-refractivity contribution in [3.05, 3.63) is 83.9 Å². The molecule has 0 saturated heterocycles. The Morgan fingerprint density at radius 3 is 2.42 bits per heavy atom. The maximum Gasteiger partial charge on any atom is 0.254 e. The second-order valence-corrected chi connectivity index (χ2v) is 6.80. The van der Waals surface area contributed by atoms with Crippen LogP contribution in [0.1, 0.15) is 22.8 Å². The molecule has 0 aliphatic heterocycles. The molecule has 0 fully saturated rings. The van der Waals surface area contributed by atoms with Crippen LogP contribution in [0, 0.1) is 11.3 Å². The fraction of sp³-hybridized carbons (Fsp3) is 0.160. The van der Waals surface area contributed by atoms with E-state index in [2.05, 4.69) is 11.4 Å². The molecule has 0 aliphatic rings. The molecule has 0 heterocycles. The largest absolute Gasteiger partial charge is 0.497 e. The summed E-state index contributed by atoms with van der Waals surface area (Å²) >= 11 is 0. The van der Waals surface area contributed by atoms with E-state index in [0.29, 0.717) is 40.2 Å². The number of nitriles is 1. The third-order valence-corrected chi connectivity index (χ3v) is 4.85. The number of amides is 2. The van der Waals surface area contributed by atoms with Crippen molar-refractivity contribution < 1.29 is 14.3 Å². The van der Waals surface area contributed by atoms with Crippen LogP contribution in [0.15, 0.2) is 72.8 Å². The van der Waals surface area contributed by atoms with Crippen molar-refractivity contribution in [3.63, 3.8) is 0 Å². The summed E-state index contributed by atoms with van der Waals surface area (Å²) in [5.74, 6) is 0.0521. The van der Waals surface area contributed by atoms with Crippen LogP contribution in [0.3, 0.4) is 0 Å². The van der Waals surface area contributed by atoms with Crippen LogP contribution in [0.4, 0.5) is 5.69 Å². The van der Waals surface area contributed by atoms with E-state index >= 15 is 0 Å². The molecule has 0 unspecified atom stereocenters. The zero-order chi connectivity index (χ0) is 22.2. The Balaban J connectivity index is 1.83. The summed E-state index contributed by atoms with van der Waals surface area (Å²) < 4.78 is 5.17. The highest BCUT2D eigenvalue weighted by Crippen LogP contribution is 2.28. The van der Waals surface area contributed by atoms with Gasteiger partial charge >= 0.3 is 0 Å². The predicted octanol–water partition coefficient (Wildman–Crippen LogP) is 4.33. The molecule has 0 atom stereocenters. The Morgan fingerprint density at radius 2 is 1.71 bits per heavy atom. The molecule has 6 nitrogen and oxygen atoms in total. The van der Waals surface area contributed by atoms with Gasteiger partial charge in [0.25, 0.3) is 5.91 Å². The molecule has 0 aliphatic carbocycles. The lowest BCUT2D eigenvalue weighted by atomic mass is 9.95. The first-order valence-corrected chi connectivity index (χ1v) is 9.89. The van der Waals surface area contributed by atoms with Crippen LogP contribution in [0.5, 0.6) is 5.75 Å². The van der Waals surface area contributed by atoms with E-state index in [-0.39, 0.29) is 18.4 Å². The third kappa shape index (κ3) is 5.09. The maximum absolute atomic E-state index is 13.3. The molecule has 1 N–H and O–H groups in total. The summed E-state index contributed by atoms with van der Waals surface area (Å²) in [6.45, 7) is 2.09. The summed E-state index contributed by atoms with van der Waals surface area (Å²) in [7, 11) is 1.56. The summed E-state index contributed by atoms with van der Waals surface area (Å²) in [5.41, 5.74) is 2.88. The standard InChI is InChI=1S/C25H23N3O3/c1-3-28(17-24(29)27-19-10-8-11-20(15-19)31-2)25(30)23-14-7-6-13-22(23)21-12-5-4-9-18(21)16-26/h4-15H,3,17H2,1-2H3,(H,27,29). The number of anilines is 1. The normalized spacial score (nSPS) is 10.1. The first-order valence-electron chi connectivity index (χ1n) is 9.89. The van der Waals surface area contributed by atoms with E-state index in [1.807, 2.05) is 31.2 Å². The predicted molar refractivity (Wildman–Crippen MR) is 120 cm³/mol. The Labute approximate surface area is 181 Å². The molecular weight excluding hydrogens is 390 g/mol. The highest BCUT2D eigenvalue weighted by atomic mass is 16.5. The molecule has 0 radical (unpaired) electrons. The van der Waals surface area contributed by atoms with Gasteiger partial charge in [-0.05, 0) is 36.8 Å². The van der Waals surface area contributed by atoms with Gasteiger partial charge < -0.3 is 15.0 Å². The number of nitrogens with zero attached hydrogens (tertiary/aromatic N) is 2. The molecule has 0 bridgehead atoms. The number of ether oxygens (including phenoxy) is 1. The highest BCUT2D eigenvalue weighted by molar-refractivity contribution is 6.04. The van der Waals surface area contributed by atoms with Crippen molar-refractivity contribution in [1.29, 1.82) is 5.26 Å². The zero-order valence-electron chi connectivity index (χ0n) is 17.5. The van der Waals surface area contributed by atoms with E-state index in [4.69, 9.17) is 4.74 Å². The van der Waals surface area contributed by atoms with E-state index in [9.17, 15) is 14.9 Å². The van der Waals surface area contributed by atoms with Crippen molar-refractivity contribution in [3.8, 4) is 22.9 Å². The molecule has 3 aromatic carbocycles. The molecule has 0 aromatic heterocycles. The minimum atomic E-state index is -0.307. The minimum absolute atomic E-state index is 0.0965. The summed E-state index contributed by atoms with van der Waals surface area (Å²) in [4.78, 5) is 27.4. The monoisotopic (exact) mass is 413 g/mol. The average molecular weight is 413 g/mol. The van der Waals surface area contributed by atoms with Crippen molar-refractivity contribution in [2.45, 2.75) is 6.92 Å². The summed E-state index contributed by atoms with van der Waals surface area (Å²) in [5, 5.41) is 12.3. The minimum Gasteiger partial charge on any atom is -0.497 e. The Morgan fingerprint density at radius 1 is 1.00 bits per heavy atom. The topological polar surface area (TPSA) is 82.4 Å². The van der Waals surface area contributed by atoms with Crippen molar-refractivity contribution in [1.82, 2.24) is 4.90 Å². The molecule has 3 aromatic rings. The SMILES string of the molecule is CCN(CC(=O)Nc1cccc(OC)c1)C(=O)c1ccccc1-c1ccccc1C#N. The van der Waals surface area contributed by atoms with Gasteiger partial charge in [-0.25, -0.2) is 0 Å². The van der Waals surface area contributed by atoms with Crippen LogP contribution in [0.2, 0.25) is 0 Å². The molecule has 6 heteroatoms. The Hall–Kier alpha value is -4.11. The molecular formula is C25H23N3O3. The molecule has 0 spiro atoms. The number of nitrogens with one attached hydrogen (secondary N) is 1. The molecule has 2 amide bonds. The lowest BCUT2D eigenvalue weighted by Crippen LogP contribution is -2.38. The molecule has 31 heavy (non-hydrogen) atoms. The van der Waals surface area contributed by atoms with Gasteiger partial charge in [-0.2, -0.15) is 5.26 Å². The van der Waals surface area contributed by atoms with E-state index in [1.165, 1.54) is 4.90 Å². The summed E-state index contributed by atoms with van der Waals surface area (Å²) in [6.07, 6.45) is 0. The van der Waals surface area contributed by atoms with Gasteiger partial charge in [0.2, 0.25) is 5.91 Å². The van der Waals surface area contributed by atoms with Crippen LogP contribution < -0.4 is 10.1 Å². The quantitative estimate of drug-likeness (QED) is 0.625. The number of carbonyl (C=O) groups is 2. The number of hydrogen-bond donors (Lipinski definition) is 1. The van der Waals surface area contributed by atoms with Crippen molar-refractivity contribution in [2.24, 2.45) is 0 Å². The zero-order valence-corrected chi connectivity index (χ0v) is 17.5. The van der Waals surface area contributed by atoms with Gasteiger partial charge in [0.1, 0.15) is 12.3 Å². The van der Waals surface area contributed by atoms with Gasteiger partial charge in [0.15, 0.2) is 0 Å². The number of hydrogen-bond acceptors (Lipinski definition) is 4. The van der Waals surface area contributed by atoms with E-state index < -0.39 is 0 Å². The fourth-order valence-electron chi connectivity index (χ4n) is 3.29. The van der Waals surface area contributed by atoms with E-state index in [1.54, 1.807) is 55.6 Å². The number of benzene rings is 3. The van der Waals surface area contributed by atoms with Crippen molar-refractivity contribution in [2.75, 3.05) is 25.5 Å². The van der Waals surface area contributed by atoms with Gasteiger partial charge in [0.05, 0.1) is 18.7 Å². The van der Waals surface area contributed by atoms with Crippen LogP contribution in [0.25, 0.3) is 11.1 Å². The number of likely N-dealkylation sites (N-methyl/N-ethyl adjacent to an activating group) is 1. The second-order valence-electron chi connectivity index (χ2n) is 6.80. The van der Waals surface area contributed by atoms with Gasteiger partial charge in [0, 0.05) is 29.4 Å². The number of methoxy groups -OCH3 is 1. The molecule has 0 saturated carbocycles.